The Bertz CT molecular complexity index is 755. The molecule has 8 heteroatoms. The van der Waals surface area contributed by atoms with E-state index >= 15 is 0 Å². The summed E-state index contributed by atoms with van der Waals surface area (Å²) in [7, 11) is -6.81. The Hall–Kier alpha value is -1.28. The van der Waals surface area contributed by atoms with Crippen LogP contribution in [0.1, 0.15) is 32.8 Å². The highest BCUT2D eigenvalue weighted by molar-refractivity contribution is 7.93. The van der Waals surface area contributed by atoms with Gasteiger partial charge in [-0.3, -0.25) is 9.03 Å². The molecule has 0 fully saturated rings. The van der Waals surface area contributed by atoms with Gasteiger partial charge in [0.15, 0.2) is 0 Å². The zero-order valence-corrected chi connectivity index (χ0v) is 14.7. The topological polar surface area (TPSA) is 83.6 Å². The molecular weight excluding hydrogens is 324 g/mol. The molecule has 0 unspecified atom stereocenters. The average Bonchev–Trinajstić information content (AvgIpc) is 2.46. The average molecular weight is 346 g/mol. The van der Waals surface area contributed by atoms with Crippen LogP contribution in [0.15, 0.2) is 18.2 Å². The van der Waals surface area contributed by atoms with Crippen molar-refractivity contribution in [3.05, 3.63) is 23.8 Å². The van der Waals surface area contributed by atoms with Crippen LogP contribution in [0.25, 0.3) is 0 Å². The summed E-state index contributed by atoms with van der Waals surface area (Å²) in [5.41, 5.74) is 1.90. The van der Waals surface area contributed by atoms with Crippen LogP contribution in [0, 0.1) is 0 Å². The van der Waals surface area contributed by atoms with Gasteiger partial charge in [-0.1, -0.05) is 6.07 Å². The van der Waals surface area contributed by atoms with E-state index in [-0.39, 0.29) is 5.75 Å². The zero-order chi connectivity index (χ0) is 16.5. The summed E-state index contributed by atoms with van der Waals surface area (Å²) >= 11 is 0. The summed E-state index contributed by atoms with van der Waals surface area (Å²) in [6, 6.07) is 5.09. The summed E-state index contributed by atoms with van der Waals surface area (Å²) < 4.78 is 52.2. The molecular formula is C14H22N2O4S2. The number of hydrogen-bond acceptors (Lipinski definition) is 4. The Morgan fingerprint density at radius 3 is 2.50 bits per heavy atom. The lowest BCUT2D eigenvalue weighted by Crippen LogP contribution is -2.36. The van der Waals surface area contributed by atoms with Crippen LogP contribution in [-0.4, -0.2) is 34.4 Å². The maximum atomic E-state index is 12.2. The Morgan fingerprint density at radius 1 is 1.23 bits per heavy atom. The smallest absolute Gasteiger partial charge is 0.235 e. The van der Waals surface area contributed by atoms with E-state index in [1.165, 1.54) is 4.31 Å². The normalized spacial score (nSPS) is 15.7. The molecule has 1 aromatic rings. The van der Waals surface area contributed by atoms with Crippen molar-refractivity contribution in [2.75, 3.05) is 21.3 Å². The molecule has 6 nitrogen and oxygen atoms in total. The number of nitrogens with one attached hydrogen (secondary N) is 1. The third-order valence-corrected chi connectivity index (χ3v) is 7.28. The molecule has 0 saturated heterocycles. The molecule has 1 aliphatic rings. The summed E-state index contributed by atoms with van der Waals surface area (Å²) in [5.74, 6) is 0.0222. The van der Waals surface area contributed by atoms with Gasteiger partial charge in [-0.25, -0.2) is 16.8 Å². The molecule has 1 heterocycles. The van der Waals surface area contributed by atoms with E-state index < -0.39 is 25.3 Å². The predicted octanol–water partition coefficient (Wildman–Crippen LogP) is 1.94. The molecule has 0 radical (unpaired) electrons. The van der Waals surface area contributed by atoms with Crippen LogP contribution < -0.4 is 9.03 Å². The number of sulfonamides is 2. The van der Waals surface area contributed by atoms with Crippen LogP contribution >= 0.6 is 0 Å². The van der Waals surface area contributed by atoms with E-state index in [1.54, 1.807) is 39.0 Å². The fourth-order valence-corrected chi connectivity index (χ4v) is 4.21. The first kappa shape index (κ1) is 17.1. The SMILES string of the molecule is CCS(=O)(=O)N1CCCc2ccc(NS(=O)(=O)C(C)C)cc21. The van der Waals surface area contributed by atoms with Gasteiger partial charge in [-0.15, -0.1) is 0 Å². The van der Waals surface area contributed by atoms with E-state index in [0.717, 1.165) is 18.4 Å². The molecule has 0 amide bonds. The quantitative estimate of drug-likeness (QED) is 0.883. The fourth-order valence-electron chi connectivity index (χ4n) is 2.33. The predicted molar refractivity (Wildman–Crippen MR) is 89.2 cm³/mol. The number of hydrogen-bond donors (Lipinski definition) is 1. The minimum Gasteiger partial charge on any atom is -0.283 e. The third kappa shape index (κ3) is 3.38. The first-order valence-corrected chi connectivity index (χ1v) is 10.5. The van der Waals surface area contributed by atoms with Gasteiger partial charge in [0.05, 0.1) is 22.4 Å². The van der Waals surface area contributed by atoms with Crippen LogP contribution in [0.3, 0.4) is 0 Å². The highest BCUT2D eigenvalue weighted by atomic mass is 32.2. The first-order chi connectivity index (χ1) is 10.2. The largest absolute Gasteiger partial charge is 0.283 e. The number of rotatable bonds is 5. The van der Waals surface area contributed by atoms with Crippen molar-refractivity contribution in [1.82, 2.24) is 0 Å². The summed E-state index contributed by atoms with van der Waals surface area (Å²) in [6.07, 6.45) is 1.56. The Morgan fingerprint density at radius 2 is 1.91 bits per heavy atom. The van der Waals surface area contributed by atoms with Gasteiger partial charge in [-0.2, -0.15) is 0 Å². The van der Waals surface area contributed by atoms with Gasteiger partial charge in [0.1, 0.15) is 0 Å². The Balaban J connectivity index is 2.43. The van der Waals surface area contributed by atoms with Gasteiger partial charge in [0.2, 0.25) is 20.0 Å². The first-order valence-electron chi connectivity index (χ1n) is 7.32. The number of fused-ring (bicyclic) bond motifs is 1. The summed E-state index contributed by atoms with van der Waals surface area (Å²) in [4.78, 5) is 0. The molecule has 124 valence electrons. The molecule has 0 bridgehead atoms. The summed E-state index contributed by atoms with van der Waals surface area (Å²) in [5, 5.41) is -0.556. The molecule has 2 rings (SSSR count). The van der Waals surface area contributed by atoms with Gasteiger partial charge < -0.3 is 0 Å². The molecule has 0 aliphatic carbocycles. The van der Waals surface area contributed by atoms with E-state index in [1.807, 2.05) is 0 Å². The molecule has 0 atom stereocenters. The molecule has 1 aromatic carbocycles. The minimum atomic E-state index is -3.45. The number of anilines is 2. The standard InChI is InChI=1S/C14H22N2O4S2/c1-4-21(17,18)16-9-5-6-12-7-8-13(10-14(12)16)15-22(19,20)11(2)3/h7-8,10-11,15H,4-6,9H2,1-3H3. The maximum absolute atomic E-state index is 12.2. The van der Waals surface area contributed by atoms with Gasteiger partial charge in [0.25, 0.3) is 0 Å². The third-order valence-electron chi connectivity index (χ3n) is 3.74. The van der Waals surface area contributed by atoms with E-state index in [0.29, 0.717) is 17.9 Å². The van der Waals surface area contributed by atoms with Crippen molar-refractivity contribution in [1.29, 1.82) is 0 Å². The molecule has 1 N–H and O–H groups in total. The Labute approximate surface area is 132 Å². The zero-order valence-electron chi connectivity index (χ0n) is 13.0. The lowest BCUT2D eigenvalue weighted by atomic mass is 10.0. The van der Waals surface area contributed by atoms with Gasteiger partial charge >= 0.3 is 0 Å². The van der Waals surface area contributed by atoms with E-state index in [9.17, 15) is 16.8 Å². The molecule has 0 spiro atoms. The number of aryl methyl sites for hydroxylation is 1. The fraction of sp³-hybridized carbons (Fsp3) is 0.571. The van der Waals surface area contributed by atoms with Crippen LogP contribution in [0.5, 0.6) is 0 Å². The highest BCUT2D eigenvalue weighted by Crippen LogP contribution is 2.32. The molecule has 0 saturated carbocycles. The van der Waals surface area contributed by atoms with E-state index in [2.05, 4.69) is 4.72 Å². The lowest BCUT2D eigenvalue weighted by molar-refractivity contribution is 0.587. The van der Waals surface area contributed by atoms with Crippen LogP contribution in [0.2, 0.25) is 0 Å². The van der Waals surface area contributed by atoms with Crippen molar-refractivity contribution in [3.63, 3.8) is 0 Å². The van der Waals surface area contributed by atoms with E-state index in [4.69, 9.17) is 0 Å². The van der Waals surface area contributed by atoms with Crippen molar-refractivity contribution in [2.45, 2.75) is 38.9 Å². The molecule has 22 heavy (non-hydrogen) atoms. The molecule has 1 aliphatic heterocycles. The van der Waals surface area contributed by atoms with Crippen LogP contribution in [0.4, 0.5) is 11.4 Å². The van der Waals surface area contributed by atoms with Crippen molar-refractivity contribution >= 4 is 31.4 Å². The second-order valence-corrected chi connectivity index (χ2v) is 10.0. The highest BCUT2D eigenvalue weighted by Gasteiger charge is 2.27. The Kier molecular flexibility index (Phi) is 4.72. The summed E-state index contributed by atoms with van der Waals surface area (Å²) in [6.45, 7) is 5.22. The minimum absolute atomic E-state index is 0.0222. The molecule has 0 aromatic heterocycles. The second-order valence-electron chi connectivity index (χ2n) is 5.62. The van der Waals surface area contributed by atoms with Crippen molar-refractivity contribution in [3.8, 4) is 0 Å². The number of nitrogens with zero attached hydrogens (tertiary/aromatic N) is 1. The van der Waals surface area contributed by atoms with Crippen molar-refractivity contribution < 1.29 is 16.8 Å². The number of benzene rings is 1. The monoisotopic (exact) mass is 346 g/mol. The second kappa shape index (κ2) is 6.08. The lowest BCUT2D eigenvalue weighted by Gasteiger charge is -2.30. The van der Waals surface area contributed by atoms with Crippen LogP contribution in [-0.2, 0) is 26.5 Å². The van der Waals surface area contributed by atoms with Gasteiger partial charge in [0, 0.05) is 6.54 Å². The van der Waals surface area contributed by atoms with Crippen molar-refractivity contribution in [2.24, 2.45) is 0 Å². The van der Waals surface area contributed by atoms with Gasteiger partial charge in [-0.05, 0) is 51.3 Å². The maximum Gasteiger partial charge on any atom is 0.235 e.